The van der Waals surface area contributed by atoms with Crippen LogP contribution < -0.4 is 4.74 Å². The topological polar surface area (TPSA) is 66.9 Å². The molecule has 6 nitrogen and oxygen atoms in total. The zero-order valence-electron chi connectivity index (χ0n) is 17.9. The van der Waals surface area contributed by atoms with Crippen LogP contribution in [0.3, 0.4) is 0 Å². The van der Waals surface area contributed by atoms with E-state index in [1.54, 1.807) is 30.1 Å². The quantitative estimate of drug-likeness (QED) is 0.675. The Hall–Kier alpha value is -2.38. The number of benzene rings is 2. The number of carbonyl (C=O) groups is 1. The summed E-state index contributed by atoms with van der Waals surface area (Å²) in [6.07, 6.45) is 1.37. The lowest BCUT2D eigenvalue weighted by Gasteiger charge is -2.33. The SMILES string of the molecule is CCOc1ccc(S(=O)(=O)N2CCC[C@@H](C(=O)N(C)Cc3ccccc3)C2)cc1C. The van der Waals surface area contributed by atoms with Crippen LogP contribution in [0.5, 0.6) is 5.75 Å². The third kappa shape index (κ3) is 5.02. The second kappa shape index (κ2) is 9.62. The number of hydrogen-bond donors (Lipinski definition) is 0. The van der Waals surface area contributed by atoms with Crippen molar-refractivity contribution in [2.24, 2.45) is 5.92 Å². The van der Waals surface area contributed by atoms with Crippen LogP contribution in [0.1, 0.15) is 30.9 Å². The summed E-state index contributed by atoms with van der Waals surface area (Å²) in [6, 6.07) is 14.7. The van der Waals surface area contributed by atoms with E-state index in [1.807, 2.05) is 44.2 Å². The number of aryl methyl sites for hydroxylation is 1. The Bertz CT molecular complexity index is 976. The molecule has 0 radical (unpaired) electrons. The van der Waals surface area contributed by atoms with Crippen LogP contribution in [-0.2, 0) is 21.4 Å². The van der Waals surface area contributed by atoms with Crippen molar-refractivity contribution < 1.29 is 17.9 Å². The minimum Gasteiger partial charge on any atom is -0.494 e. The molecule has 1 atom stereocenters. The van der Waals surface area contributed by atoms with Gasteiger partial charge in [-0.05, 0) is 56.0 Å². The standard InChI is InChI=1S/C23H30N2O4S/c1-4-29-22-13-12-21(15-18(22)2)30(27,28)25-14-8-11-20(17-25)23(26)24(3)16-19-9-6-5-7-10-19/h5-7,9-10,12-13,15,20H,4,8,11,14,16-17H2,1-3H3/t20-/m1/s1. The lowest BCUT2D eigenvalue weighted by molar-refractivity contribution is -0.135. The van der Waals surface area contributed by atoms with Crippen molar-refractivity contribution >= 4 is 15.9 Å². The Balaban J connectivity index is 1.71. The van der Waals surface area contributed by atoms with Gasteiger partial charge in [-0.25, -0.2) is 8.42 Å². The lowest BCUT2D eigenvalue weighted by Crippen LogP contribution is -2.45. The van der Waals surface area contributed by atoms with Crippen molar-refractivity contribution in [1.82, 2.24) is 9.21 Å². The molecule has 0 aromatic heterocycles. The molecule has 0 saturated carbocycles. The second-order valence-corrected chi connectivity index (χ2v) is 9.68. The highest BCUT2D eigenvalue weighted by Gasteiger charge is 2.34. The molecule has 0 bridgehead atoms. The largest absolute Gasteiger partial charge is 0.494 e. The summed E-state index contributed by atoms with van der Waals surface area (Å²) in [5, 5.41) is 0. The molecule has 1 saturated heterocycles. The molecule has 0 spiro atoms. The minimum atomic E-state index is -3.66. The number of carbonyl (C=O) groups excluding carboxylic acids is 1. The van der Waals surface area contributed by atoms with Crippen molar-refractivity contribution in [3.05, 3.63) is 59.7 Å². The Morgan fingerprint density at radius 1 is 1.20 bits per heavy atom. The minimum absolute atomic E-state index is 0.0124. The van der Waals surface area contributed by atoms with Gasteiger partial charge in [0.15, 0.2) is 0 Å². The predicted octanol–water partition coefficient (Wildman–Crippen LogP) is 3.45. The van der Waals surface area contributed by atoms with Crippen LogP contribution >= 0.6 is 0 Å². The average molecular weight is 431 g/mol. The monoisotopic (exact) mass is 430 g/mol. The smallest absolute Gasteiger partial charge is 0.243 e. The lowest BCUT2D eigenvalue weighted by atomic mass is 9.98. The van der Waals surface area contributed by atoms with Crippen LogP contribution in [0.15, 0.2) is 53.4 Å². The van der Waals surface area contributed by atoms with Gasteiger partial charge in [-0.2, -0.15) is 4.31 Å². The molecule has 30 heavy (non-hydrogen) atoms. The molecular weight excluding hydrogens is 400 g/mol. The highest BCUT2D eigenvalue weighted by molar-refractivity contribution is 7.89. The molecule has 0 unspecified atom stereocenters. The zero-order valence-corrected chi connectivity index (χ0v) is 18.7. The van der Waals surface area contributed by atoms with Gasteiger partial charge in [-0.15, -0.1) is 0 Å². The second-order valence-electron chi connectivity index (χ2n) is 7.74. The molecular formula is C23H30N2O4S. The van der Waals surface area contributed by atoms with Crippen molar-refractivity contribution in [1.29, 1.82) is 0 Å². The molecule has 0 N–H and O–H groups in total. The van der Waals surface area contributed by atoms with Crippen LogP contribution in [0.25, 0.3) is 0 Å². The van der Waals surface area contributed by atoms with Gasteiger partial charge in [0.2, 0.25) is 15.9 Å². The first-order valence-electron chi connectivity index (χ1n) is 10.4. The molecule has 3 rings (SSSR count). The summed E-state index contributed by atoms with van der Waals surface area (Å²) in [4.78, 5) is 14.9. The van der Waals surface area contributed by atoms with Crippen LogP contribution in [0.4, 0.5) is 0 Å². The predicted molar refractivity (Wildman–Crippen MR) is 117 cm³/mol. The number of ether oxygens (including phenoxy) is 1. The number of piperidine rings is 1. The zero-order chi connectivity index (χ0) is 21.7. The Morgan fingerprint density at radius 2 is 1.93 bits per heavy atom. The van der Waals surface area contributed by atoms with E-state index < -0.39 is 10.0 Å². The number of sulfonamides is 1. The molecule has 2 aromatic carbocycles. The Morgan fingerprint density at radius 3 is 2.60 bits per heavy atom. The molecule has 1 heterocycles. The van der Waals surface area contributed by atoms with Crippen molar-refractivity contribution in [3.63, 3.8) is 0 Å². The molecule has 7 heteroatoms. The summed E-state index contributed by atoms with van der Waals surface area (Å²) < 4.78 is 33.4. The van der Waals surface area contributed by atoms with Gasteiger partial charge in [0.25, 0.3) is 0 Å². The maximum Gasteiger partial charge on any atom is 0.243 e. The first kappa shape index (κ1) is 22.3. The number of rotatable bonds is 7. The van der Waals surface area contributed by atoms with E-state index in [4.69, 9.17) is 4.74 Å². The highest BCUT2D eigenvalue weighted by Crippen LogP contribution is 2.28. The van der Waals surface area contributed by atoms with Gasteiger partial charge >= 0.3 is 0 Å². The third-order valence-electron chi connectivity index (χ3n) is 5.46. The summed E-state index contributed by atoms with van der Waals surface area (Å²) >= 11 is 0. The fourth-order valence-corrected chi connectivity index (χ4v) is 5.47. The number of nitrogens with zero attached hydrogens (tertiary/aromatic N) is 2. The van der Waals surface area contributed by atoms with E-state index in [9.17, 15) is 13.2 Å². The Kier molecular flexibility index (Phi) is 7.15. The first-order chi connectivity index (χ1) is 14.3. The van der Waals surface area contributed by atoms with Crippen molar-refractivity contribution in [2.75, 3.05) is 26.7 Å². The van der Waals surface area contributed by atoms with Crippen LogP contribution in [0, 0.1) is 12.8 Å². The summed E-state index contributed by atoms with van der Waals surface area (Å²) in [7, 11) is -1.88. The van der Waals surface area contributed by atoms with Crippen LogP contribution in [-0.4, -0.2) is 50.3 Å². The highest BCUT2D eigenvalue weighted by atomic mass is 32.2. The maximum absolute atomic E-state index is 13.2. The van der Waals surface area contributed by atoms with E-state index in [-0.39, 0.29) is 23.3 Å². The van der Waals surface area contributed by atoms with E-state index in [0.29, 0.717) is 38.3 Å². The molecule has 162 valence electrons. The van der Waals surface area contributed by atoms with Gasteiger partial charge in [0, 0.05) is 26.7 Å². The van der Waals surface area contributed by atoms with E-state index in [0.717, 1.165) is 11.1 Å². The maximum atomic E-state index is 13.2. The summed E-state index contributed by atoms with van der Waals surface area (Å²) in [5.41, 5.74) is 1.84. The van der Waals surface area contributed by atoms with Crippen molar-refractivity contribution in [3.8, 4) is 5.75 Å². The molecule has 0 aliphatic carbocycles. The fourth-order valence-electron chi connectivity index (χ4n) is 3.86. The summed E-state index contributed by atoms with van der Waals surface area (Å²) in [5.74, 6) is 0.346. The van der Waals surface area contributed by atoms with E-state index in [1.165, 1.54) is 4.31 Å². The van der Waals surface area contributed by atoms with Crippen molar-refractivity contribution in [2.45, 2.75) is 38.1 Å². The normalized spacial score (nSPS) is 17.5. The average Bonchev–Trinajstić information content (AvgIpc) is 2.75. The van der Waals surface area contributed by atoms with Gasteiger partial charge < -0.3 is 9.64 Å². The van der Waals surface area contributed by atoms with E-state index >= 15 is 0 Å². The van der Waals surface area contributed by atoms with Gasteiger partial charge in [0.05, 0.1) is 17.4 Å². The number of hydrogen-bond acceptors (Lipinski definition) is 4. The number of amides is 1. The third-order valence-corrected chi connectivity index (χ3v) is 7.32. The molecule has 1 aliphatic heterocycles. The molecule has 1 fully saturated rings. The first-order valence-corrected chi connectivity index (χ1v) is 11.8. The van der Waals surface area contributed by atoms with E-state index in [2.05, 4.69) is 0 Å². The molecule has 2 aromatic rings. The van der Waals surface area contributed by atoms with Gasteiger partial charge in [-0.3, -0.25) is 4.79 Å². The van der Waals surface area contributed by atoms with Gasteiger partial charge in [0.1, 0.15) is 5.75 Å². The molecule has 1 amide bonds. The Labute approximate surface area is 179 Å². The summed E-state index contributed by atoms with van der Waals surface area (Å²) in [6.45, 7) is 5.42. The fraction of sp³-hybridized carbons (Fsp3) is 0.435. The van der Waals surface area contributed by atoms with Gasteiger partial charge in [-0.1, -0.05) is 30.3 Å². The molecule has 1 aliphatic rings. The van der Waals surface area contributed by atoms with Crippen LogP contribution in [0.2, 0.25) is 0 Å².